The smallest absolute Gasteiger partial charge is 0.178 e. The van der Waals surface area contributed by atoms with Crippen LogP contribution in [0.4, 0.5) is 5.82 Å². The van der Waals surface area contributed by atoms with E-state index < -0.39 is 0 Å². The summed E-state index contributed by atoms with van der Waals surface area (Å²) in [4.78, 5) is 2.33. The number of anilines is 1. The summed E-state index contributed by atoms with van der Waals surface area (Å²) in [5.74, 6) is 3.45. The first kappa shape index (κ1) is 13.3. The maximum atomic E-state index is 5.67. The Hall–Kier alpha value is -2.37. The van der Waals surface area contributed by atoms with Crippen molar-refractivity contribution in [1.29, 1.82) is 0 Å². The number of nitrogens with zero attached hydrogens (tertiary/aromatic N) is 5. The van der Waals surface area contributed by atoms with Gasteiger partial charge in [0, 0.05) is 6.54 Å². The number of aromatic nitrogens is 4. The van der Waals surface area contributed by atoms with E-state index >= 15 is 0 Å². The molecule has 0 aliphatic carbocycles. The van der Waals surface area contributed by atoms with Crippen molar-refractivity contribution in [2.75, 3.05) is 11.4 Å². The Morgan fingerprint density at radius 3 is 2.95 bits per heavy atom. The molecule has 3 aromatic heterocycles. The van der Waals surface area contributed by atoms with Gasteiger partial charge in [-0.25, -0.2) is 0 Å². The molecule has 114 valence electrons. The van der Waals surface area contributed by atoms with E-state index in [2.05, 4.69) is 28.1 Å². The first-order valence-corrected chi connectivity index (χ1v) is 7.71. The van der Waals surface area contributed by atoms with Gasteiger partial charge in [0.25, 0.3) is 0 Å². The number of rotatable bonds is 2. The molecule has 0 amide bonds. The normalized spacial score (nSPS) is 22.4. The van der Waals surface area contributed by atoms with Crippen molar-refractivity contribution in [3.63, 3.8) is 0 Å². The molecule has 1 saturated heterocycles. The second-order valence-electron chi connectivity index (χ2n) is 6.06. The van der Waals surface area contributed by atoms with E-state index in [-0.39, 0.29) is 6.04 Å². The Labute approximate surface area is 128 Å². The van der Waals surface area contributed by atoms with Gasteiger partial charge in [0.1, 0.15) is 11.6 Å². The molecule has 0 spiro atoms. The number of hydrogen-bond acceptors (Lipinski definition) is 5. The molecule has 0 N–H and O–H groups in total. The lowest BCUT2D eigenvalue weighted by Crippen LogP contribution is -2.36. The first-order chi connectivity index (χ1) is 10.7. The fraction of sp³-hybridized carbons (Fsp3) is 0.438. The Morgan fingerprint density at radius 1 is 1.23 bits per heavy atom. The summed E-state index contributed by atoms with van der Waals surface area (Å²) < 4.78 is 7.47. The number of aryl methyl sites for hydroxylation is 1. The SMILES string of the molecule is Cc1nnc2ccc(N3CCC(C)CC3c3ccco3)nn12. The predicted octanol–water partition coefficient (Wildman–Crippen LogP) is 3.00. The van der Waals surface area contributed by atoms with Crippen LogP contribution in [0.5, 0.6) is 0 Å². The lowest BCUT2D eigenvalue weighted by Gasteiger charge is -2.38. The first-order valence-electron chi connectivity index (χ1n) is 7.71. The monoisotopic (exact) mass is 297 g/mol. The second kappa shape index (κ2) is 5.12. The highest BCUT2D eigenvalue weighted by molar-refractivity contribution is 5.47. The fourth-order valence-electron chi connectivity index (χ4n) is 3.21. The van der Waals surface area contributed by atoms with Gasteiger partial charge < -0.3 is 9.32 Å². The van der Waals surface area contributed by atoms with Crippen LogP contribution in [0.3, 0.4) is 0 Å². The number of piperidine rings is 1. The summed E-state index contributed by atoms with van der Waals surface area (Å²) in [6, 6.07) is 8.24. The van der Waals surface area contributed by atoms with Crippen molar-refractivity contribution in [2.45, 2.75) is 32.7 Å². The van der Waals surface area contributed by atoms with E-state index in [1.165, 1.54) is 0 Å². The van der Waals surface area contributed by atoms with E-state index in [9.17, 15) is 0 Å². The van der Waals surface area contributed by atoms with E-state index in [0.717, 1.165) is 42.4 Å². The molecule has 1 aliphatic heterocycles. The molecule has 2 atom stereocenters. The highest BCUT2D eigenvalue weighted by Crippen LogP contribution is 2.36. The second-order valence-corrected chi connectivity index (χ2v) is 6.06. The van der Waals surface area contributed by atoms with Crippen molar-refractivity contribution in [3.8, 4) is 0 Å². The molecule has 4 rings (SSSR count). The van der Waals surface area contributed by atoms with Crippen LogP contribution in [-0.2, 0) is 0 Å². The summed E-state index contributed by atoms with van der Waals surface area (Å²) in [5.41, 5.74) is 0.779. The zero-order valence-electron chi connectivity index (χ0n) is 12.8. The van der Waals surface area contributed by atoms with Crippen LogP contribution in [0.25, 0.3) is 5.65 Å². The summed E-state index contributed by atoms with van der Waals surface area (Å²) >= 11 is 0. The van der Waals surface area contributed by atoms with E-state index in [0.29, 0.717) is 5.92 Å². The van der Waals surface area contributed by atoms with E-state index in [1.54, 1.807) is 10.8 Å². The molecule has 0 aromatic carbocycles. The van der Waals surface area contributed by atoms with E-state index in [1.807, 2.05) is 25.1 Å². The van der Waals surface area contributed by atoms with E-state index in [4.69, 9.17) is 9.52 Å². The number of fused-ring (bicyclic) bond motifs is 1. The molecule has 6 nitrogen and oxygen atoms in total. The largest absolute Gasteiger partial charge is 0.467 e. The number of furan rings is 1. The molecule has 6 heteroatoms. The molecular formula is C16H19N5O. The fourth-order valence-corrected chi connectivity index (χ4v) is 3.21. The quantitative estimate of drug-likeness (QED) is 0.727. The zero-order valence-corrected chi connectivity index (χ0v) is 12.8. The summed E-state index contributed by atoms with van der Waals surface area (Å²) in [6.07, 6.45) is 3.99. The van der Waals surface area contributed by atoms with Crippen LogP contribution >= 0.6 is 0 Å². The van der Waals surface area contributed by atoms with Gasteiger partial charge in [-0.2, -0.15) is 4.52 Å². The Kier molecular flexibility index (Phi) is 3.10. The van der Waals surface area contributed by atoms with Gasteiger partial charge in [0.15, 0.2) is 11.5 Å². The van der Waals surface area contributed by atoms with Gasteiger partial charge in [-0.3, -0.25) is 0 Å². The average Bonchev–Trinajstić information content (AvgIpc) is 3.17. The molecule has 4 heterocycles. The Balaban J connectivity index is 1.75. The third-order valence-corrected chi connectivity index (χ3v) is 4.44. The van der Waals surface area contributed by atoms with Crippen molar-refractivity contribution in [3.05, 3.63) is 42.1 Å². The molecule has 1 fully saturated rings. The Morgan fingerprint density at radius 2 is 2.14 bits per heavy atom. The zero-order chi connectivity index (χ0) is 15.1. The molecule has 0 bridgehead atoms. The summed E-state index contributed by atoms with van der Waals surface area (Å²) in [5, 5.41) is 12.9. The minimum absolute atomic E-state index is 0.237. The molecular weight excluding hydrogens is 278 g/mol. The predicted molar refractivity (Wildman–Crippen MR) is 82.7 cm³/mol. The van der Waals surface area contributed by atoms with Crippen LogP contribution in [0.15, 0.2) is 34.9 Å². The van der Waals surface area contributed by atoms with Gasteiger partial charge in [-0.15, -0.1) is 15.3 Å². The lowest BCUT2D eigenvalue weighted by molar-refractivity contribution is 0.326. The molecule has 0 saturated carbocycles. The third-order valence-electron chi connectivity index (χ3n) is 4.44. The van der Waals surface area contributed by atoms with Crippen LogP contribution in [0.1, 0.15) is 37.4 Å². The van der Waals surface area contributed by atoms with Crippen molar-refractivity contribution in [1.82, 2.24) is 19.8 Å². The maximum absolute atomic E-state index is 5.67. The summed E-state index contributed by atoms with van der Waals surface area (Å²) in [7, 11) is 0. The minimum Gasteiger partial charge on any atom is -0.467 e. The van der Waals surface area contributed by atoms with Gasteiger partial charge in [-0.05, 0) is 49.9 Å². The van der Waals surface area contributed by atoms with Crippen LogP contribution in [0, 0.1) is 12.8 Å². The highest BCUT2D eigenvalue weighted by Gasteiger charge is 2.30. The maximum Gasteiger partial charge on any atom is 0.178 e. The molecule has 2 unspecified atom stereocenters. The van der Waals surface area contributed by atoms with Crippen LogP contribution in [-0.4, -0.2) is 26.4 Å². The molecule has 22 heavy (non-hydrogen) atoms. The van der Waals surface area contributed by atoms with Crippen molar-refractivity contribution in [2.24, 2.45) is 5.92 Å². The minimum atomic E-state index is 0.237. The third kappa shape index (κ3) is 2.15. The Bertz CT molecular complexity index is 779. The van der Waals surface area contributed by atoms with Crippen LogP contribution < -0.4 is 4.90 Å². The van der Waals surface area contributed by atoms with Crippen LogP contribution in [0.2, 0.25) is 0 Å². The molecule has 3 aromatic rings. The van der Waals surface area contributed by atoms with Gasteiger partial charge in [-0.1, -0.05) is 6.92 Å². The van der Waals surface area contributed by atoms with Gasteiger partial charge in [0.2, 0.25) is 0 Å². The van der Waals surface area contributed by atoms with Crippen molar-refractivity contribution < 1.29 is 4.42 Å². The lowest BCUT2D eigenvalue weighted by atomic mass is 9.91. The molecule has 1 aliphatic rings. The van der Waals surface area contributed by atoms with Gasteiger partial charge >= 0.3 is 0 Å². The standard InChI is InChI=1S/C16H19N5O/c1-11-7-8-20(13(10-11)14-4-3-9-22-14)16-6-5-15-18-17-12(2)21(15)19-16/h3-6,9,11,13H,7-8,10H2,1-2H3. The topological polar surface area (TPSA) is 59.5 Å². The number of hydrogen-bond donors (Lipinski definition) is 0. The molecule has 0 radical (unpaired) electrons. The average molecular weight is 297 g/mol. The van der Waals surface area contributed by atoms with Crippen molar-refractivity contribution >= 4 is 11.5 Å². The summed E-state index contributed by atoms with van der Waals surface area (Å²) in [6.45, 7) is 5.19. The highest BCUT2D eigenvalue weighted by atomic mass is 16.3. The van der Waals surface area contributed by atoms with Gasteiger partial charge in [0.05, 0.1) is 12.3 Å².